The van der Waals surface area contributed by atoms with E-state index in [0.717, 1.165) is 11.3 Å². The number of halogens is 3. The first kappa shape index (κ1) is 13.0. The summed E-state index contributed by atoms with van der Waals surface area (Å²) in [6.45, 7) is 1.72. The van der Waals surface area contributed by atoms with Crippen molar-refractivity contribution in [2.75, 3.05) is 0 Å². The summed E-state index contributed by atoms with van der Waals surface area (Å²) in [5.41, 5.74) is 0.356. The van der Waals surface area contributed by atoms with Crippen molar-refractivity contribution >= 4 is 17.3 Å². The Bertz CT molecular complexity index is 387. The number of hydrogen-bond acceptors (Lipinski definition) is 3. The van der Waals surface area contributed by atoms with Crippen molar-refractivity contribution in [1.82, 2.24) is 4.98 Å². The van der Waals surface area contributed by atoms with Gasteiger partial charge in [-0.25, -0.2) is 9.78 Å². The van der Waals surface area contributed by atoms with Gasteiger partial charge in [0, 0.05) is 12.8 Å². The van der Waals surface area contributed by atoms with Crippen LogP contribution in [0.1, 0.15) is 33.7 Å². The number of carbonyl (C=O) groups is 1. The van der Waals surface area contributed by atoms with Crippen LogP contribution < -0.4 is 0 Å². The fourth-order valence-corrected chi connectivity index (χ4v) is 2.15. The van der Waals surface area contributed by atoms with Gasteiger partial charge in [0.05, 0.1) is 10.7 Å². The van der Waals surface area contributed by atoms with E-state index in [1.165, 1.54) is 0 Å². The number of alkyl halides is 3. The third kappa shape index (κ3) is 3.48. The van der Waals surface area contributed by atoms with Crippen molar-refractivity contribution in [3.63, 3.8) is 0 Å². The van der Waals surface area contributed by atoms with Gasteiger partial charge in [-0.1, -0.05) is 6.92 Å². The summed E-state index contributed by atoms with van der Waals surface area (Å²) in [6.07, 6.45) is -5.05. The van der Waals surface area contributed by atoms with Crippen LogP contribution in [0.15, 0.2) is 0 Å². The molecule has 1 heterocycles. The average molecular weight is 253 g/mol. The van der Waals surface area contributed by atoms with E-state index in [0.29, 0.717) is 12.1 Å². The Morgan fingerprint density at radius 1 is 1.50 bits per heavy atom. The molecular formula is C9H10F3NO2S. The van der Waals surface area contributed by atoms with Crippen LogP contribution >= 0.6 is 11.3 Å². The van der Waals surface area contributed by atoms with E-state index in [1.807, 2.05) is 0 Å². The molecule has 0 unspecified atom stereocenters. The van der Waals surface area contributed by atoms with Gasteiger partial charge in [0.15, 0.2) is 0 Å². The third-order valence-corrected chi connectivity index (χ3v) is 3.04. The van der Waals surface area contributed by atoms with Gasteiger partial charge in [-0.15, -0.1) is 11.3 Å². The van der Waals surface area contributed by atoms with Crippen LogP contribution in [0.4, 0.5) is 13.2 Å². The number of aromatic carboxylic acids is 1. The first-order valence-corrected chi connectivity index (χ1v) is 5.43. The molecule has 0 aliphatic heterocycles. The molecule has 0 aliphatic carbocycles. The predicted octanol–water partition coefficient (Wildman–Crippen LogP) is 2.90. The maximum atomic E-state index is 11.9. The van der Waals surface area contributed by atoms with Crippen molar-refractivity contribution in [2.24, 2.45) is 0 Å². The Labute approximate surface area is 93.9 Å². The fraction of sp³-hybridized carbons (Fsp3) is 0.556. The summed E-state index contributed by atoms with van der Waals surface area (Å²) < 4.78 is 35.8. The molecule has 0 saturated carbocycles. The molecule has 0 radical (unpaired) electrons. The molecular weight excluding hydrogens is 243 g/mol. The van der Waals surface area contributed by atoms with E-state index in [1.54, 1.807) is 6.92 Å². The Kier molecular flexibility index (Phi) is 3.90. The maximum Gasteiger partial charge on any atom is 0.389 e. The summed E-state index contributed by atoms with van der Waals surface area (Å²) in [4.78, 5) is 14.7. The van der Waals surface area contributed by atoms with Crippen molar-refractivity contribution in [3.05, 3.63) is 15.6 Å². The van der Waals surface area contributed by atoms with Gasteiger partial charge >= 0.3 is 12.1 Å². The highest BCUT2D eigenvalue weighted by Crippen LogP contribution is 2.25. The van der Waals surface area contributed by atoms with Crippen LogP contribution in [0.2, 0.25) is 0 Å². The molecule has 1 N–H and O–H groups in total. The lowest BCUT2D eigenvalue weighted by atomic mass is 10.3. The molecule has 0 saturated heterocycles. The number of aromatic nitrogens is 1. The summed E-state index contributed by atoms with van der Waals surface area (Å²) >= 11 is 0.822. The SMILES string of the molecule is CCc1nc(CCC(F)(F)F)sc1C(=O)O. The first-order chi connectivity index (χ1) is 7.33. The smallest absolute Gasteiger partial charge is 0.389 e. The van der Waals surface area contributed by atoms with Crippen LogP contribution in [0.25, 0.3) is 0 Å². The number of thiazole rings is 1. The second kappa shape index (κ2) is 4.82. The first-order valence-electron chi connectivity index (χ1n) is 4.62. The Balaban J connectivity index is 2.79. The zero-order valence-electron chi connectivity index (χ0n) is 8.47. The topological polar surface area (TPSA) is 50.2 Å². The fourth-order valence-electron chi connectivity index (χ4n) is 1.16. The largest absolute Gasteiger partial charge is 0.477 e. The number of nitrogens with zero attached hydrogens (tertiary/aromatic N) is 1. The Hall–Kier alpha value is -1.11. The molecule has 0 bridgehead atoms. The van der Waals surface area contributed by atoms with Crippen LogP contribution in [0, 0.1) is 0 Å². The van der Waals surface area contributed by atoms with Crippen molar-refractivity contribution in [3.8, 4) is 0 Å². The van der Waals surface area contributed by atoms with E-state index in [4.69, 9.17) is 5.11 Å². The quantitative estimate of drug-likeness (QED) is 0.897. The highest BCUT2D eigenvalue weighted by Gasteiger charge is 2.27. The van der Waals surface area contributed by atoms with E-state index in [-0.39, 0.29) is 16.3 Å². The zero-order chi connectivity index (χ0) is 12.3. The highest BCUT2D eigenvalue weighted by molar-refractivity contribution is 7.13. The number of carboxylic acids is 1. The van der Waals surface area contributed by atoms with Gasteiger partial charge in [-0.3, -0.25) is 0 Å². The molecule has 1 rings (SSSR count). The van der Waals surface area contributed by atoms with E-state index in [9.17, 15) is 18.0 Å². The molecule has 0 fully saturated rings. The minimum Gasteiger partial charge on any atom is -0.477 e. The lowest BCUT2D eigenvalue weighted by Gasteiger charge is -2.02. The molecule has 0 atom stereocenters. The van der Waals surface area contributed by atoms with E-state index < -0.39 is 18.6 Å². The van der Waals surface area contributed by atoms with Crippen LogP contribution in [-0.4, -0.2) is 22.2 Å². The van der Waals surface area contributed by atoms with Crippen LogP contribution in [-0.2, 0) is 12.8 Å². The predicted molar refractivity (Wildman–Crippen MR) is 52.8 cm³/mol. The monoisotopic (exact) mass is 253 g/mol. The molecule has 16 heavy (non-hydrogen) atoms. The zero-order valence-corrected chi connectivity index (χ0v) is 9.28. The van der Waals surface area contributed by atoms with Gasteiger partial charge in [0.25, 0.3) is 0 Å². The molecule has 0 aromatic carbocycles. The molecule has 3 nitrogen and oxygen atoms in total. The van der Waals surface area contributed by atoms with Crippen LogP contribution in [0.3, 0.4) is 0 Å². The standard InChI is InChI=1S/C9H10F3NO2S/c1-2-5-7(8(14)15)16-6(13-5)3-4-9(10,11)12/h2-4H2,1H3,(H,14,15). The molecule has 1 aromatic rings. The number of rotatable bonds is 4. The van der Waals surface area contributed by atoms with Gasteiger partial charge in [0.2, 0.25) is 0 Å². The Morgan fingerprint density at radius 2 is 2.12 bits per heavy atom. The minimum atomic E-state index is -4.23. The highest BCUT2D eigenvalue weighted by atomic mass is 32.1. The van der Waals surface area contributed by atoms with Gasteiger partial charge < -0.3 is 5.11 Å². The van der Waals surface area contributed by atoms with Gasteiger partial charge in [0.1, 0.15) is 4.88 Å². The van der Waals surface area contributed by atoms with Gasteiger partial charge in [-0.05, 0) is 6.42 Å². The number of carboxylic acid groups (broad SMARTS) is 1. The lowest BCUT2D eigenvalue weighted by molar-refractivity contribution is -0.134. The molecule has 0 amide bonds. The van der Waals surface area contributed by atoms with Crippen LogP contribution in [0.5, 0.6) is 0 Å². The second-order valence-corrected chi connectivity index (χ2v) is 4.24. The average Bonchev–Trinajstić information content (AvgIpc) is 2.56. The Morgan fingerprint density at radius 3 is 2.50 bits per heavy atom. The molecule has 1 aromatic heterocycles. The summed E-state index contributed by atoms with van der Waals surface area (Å²) in [5, 5.41) is 9.01. The third-order valence-electron chi connectivity index (χ3n) is 1.89. The minimum absolute atomic E-state index is 0.0414. The van der Waals surface area contributed by atoms with Crippen molar-refractivity contribution in [2.45, 2.75) is 32.4 Å². The van der Waals surface area contributed by atoms with E-state index >= 15 is 0 Å². The molecule has 0 aliphatic rings. The second-order valence-electron chi connectivity index (χ2n) is 3.16. The molecule has 7 heteroatoms. The number of hydrogen-bond donors (Lipinski definition) is 1. The van der Waals surface area contributed by atoms with E-state index in [2.05, 4.69) is 4.98 Å². The summed E-state index contributed by atoms with van der Waals surface area (Å²) in [7, 11) is 0. The van der Waals surface area contributed by atoms with Gasteiger partial charge in [-0.2, -0.15) is 13.2 Å². The molecule has 90 valence electrons. The normalized spacial score (nSPS) is 11.8. The number of aryl methyl sites for hydroxylation is 2. The summed E-state index contributed by atoms with van der Waals surface area (Å²) in [5.74, 6) is -1.13. The molecule has 0 spiro atoms. The maximum absolute atomic E-state index is 11.9. The summed E-state index contributed by atoms with van der Waals surface area (Å²) in [6, 6.07) is 0. The van der Waals surface area contributed by atoms with Crippen molar-refractivity contribution < 1.29 is 23.1 Å². The lowest BCUT2D eigenvalue weighted by Crippen LogP contribution is -2.08. The van der Waals surface area contributed by atoms with Crippen molar-refractivity contribution in [1.29, 1.82) is 0 Å².